The number of benzene rings is 1. The van der Waals surface area contributed by atoms with Crippen LogP contribution >= 0.6 is 0 Å². The lowest BCUT2D eigenvalue weighted by atomic mass is 9.85. The first-order chi connectivity index (χ1) is 14.6. The number of esters is 1. The second kappa shape index (κ2) is 6.77. The third-order valence-corrected chi connectivity index (χ3v) is 6.53. The molecule has 1 aromatic carbocycles. The number of hydrogen-bond donors (Lipinski definition) is 0. The quantitative estimate of drug-likeness (QED) is 0.485. The van der Waals surface area contributed by atoms with Crippen molar-refractivity contribution in [1.82, 2.24) is 9.55 Å². The topological polar surface area (TPSA) is 70.4 Å². The van der Waals surface area contributed by atoms with E-state index in [9.17, 15) is 9.59 Å². The van der Waals surface area contributed by atoms with Gasteiger partial charge in [0.25, 0.3) is 5.56 Å². The minimum atomic E-state index is -1.26. The van der Waals surface area contributed by atoms with Crippen LogP contribution in [-0.4, -0.2) is 22.6 Å². The molecule has 6 heteroatoms. The number of cyclic esters (lactones) is 1. The van der Waals surface area contributed by atoms with Crippen molar-refractivity contribution in [2.45, 2.75) is 51.9 Å². The molecule has 2 aromatic heterocycles. The fraction of sp³-hybridized carbons (Fsp3) is 0.375. The van der Waals surface area contributed by atoms with Crippen molar-refractivity contribution in [3.05, 3.63) is 62.9 Å². The van der Waals surface area contributed by atoms with E-state index in [0.29, 0.717) is 24.1 Å². The van der Waals surface area contributed by atoms with Gasteiger partial charge in [-0.1, -0.05) is 38.5 Å². The van der Waals surface area contributed by atoms with E-state index in [1.165, 1.54) is 12.7 Å². The largest absolute Gasteiger partial charge is 0.458 e. The molecule has 30 heavy (non-hydrogen) atoms. The van der Waals surface area contributed by atoms with Crippen LogP contribution in [0.2, 0.25) is 0 Å². The van der Waals surface area contributed by atoms with Gasteiger partial charge >= 0.3 is 5.97 Å². The molecule has 3 aromatic rings. The van der Waals surface area contributed by atoms with Gasteiger partial charge in [-0.3, -0.25) is 4.79 Å². The van der Waals surface area contributed by atoms with Gasteiger partial charge in [0.1, 0.15) is 6.61 Å². The van der Waals surface area contributed by atoms with Crippen LogP contribution < -0.4 is 5.56 Å². The SMILES string of the molecule is CCCc1c2c(nc3ccccc13)-c1cc3c(c(=O)n1C2)COC(=O)[C@@]3(CC)OC. The summed E-state index contributed by atoms with van der Waals surface area (Å²) in [7, 11) is 1.49. The lowest BCUT2D eigenvalue weighted by molar-refractivity contribution is -0.176. The minimum Gasteiger partial charge on any atom is -0.458 e. The Bertz CT molecular complexity index is 1250. The zero-order valence-corrected chi connectivity index (χ0v) is 17.4. The number of para-hydroxylation sites is 1. The lowest BCUT2D eigenvalue weighted by Crippen LogP contribution is -2.45. The van der Waals surface area contributed by atoms with Crippen molar-refractivity contribution in [1.29, 1.82) is 0 Å². The number of aromatic nitrogens is 2. The van der Waals surface area contributed by atoms with Crippen molar-refractivity contribution in [3.8, 4) is 11.4 Å². The first-order valence-corrected chi connectivity index (χ1v) is 10.5. The average Bonchev–Trinajstić information content (AvgIpc) is 3.13. The van der Waals surface area contributed by atoms with Crippen LogP contribution in [0.15, 0.2) is 35.1 Å². The van der Waals surface area contributed by atoms with E-state index in [4.69, 9.17) is 14.5 Å². The number of carbonyl (C=O) groups excluding carboxylic acids is 1. The third kappa shape index (κ3) is 2.37. The van der Waals surface area contributed by atoms with Crippen molar-refractivity contribution in [2.24, 2.45) is 0 Å². The number of aryl methyl sites for hydroxylation is 1. The normalized spacial score (nSPS) is 19.4. The fourth-order valence-corrected chi connectivity index (χ4v) is 4.97. The molecule has 0 radical (unpaired) electrons. The molecule has 0 saturated carbocycles. The predicted octanol–water partition coefficient (Wildman–Crippen LogP) is 3.69. The summed E-state index contributed by atoms with van der Waals surface area (Å²) < 4.78 is 12.8. The Balaban J connectivity index is 1.83. The second-order valence-electron chi connectivity index (χ2n) is 7.96. The summed E-state index contributed by atoms with van der Waals surface area (Å²) in [5.74, 6) is -0.444. The summed E-state index contributed by atoms with van der Waals surface area (Å²) in [5, 5.41) is 1.14. The van der Waals surface area contributed by atoms with Gasteiger partial charge in [-0.05, 0) is 30.5 Å². The maximum absolute atomic E-state index is 13.5. The number of carbonyl (C=O) groups is 1. The standard InChI is InChI=1S/C24H24N2O4/c1-4-8-14-15-9-6-7-10-19(15)25-21-16(14)12-26-20(21)11-18-17(22(26)27)13-30-23(28)24(18,5-2)29-3/h6-7,9-11H,4-5,8,12-13H2,1-3H3/t24-/m0/s1. The molecular weight excluding hydrogens is 380 g/mol. The minimum absolute atomic E-state index is 0.0219. The van der Waals surface area contributed by atoms with Gasteiger partial charge in [-0.15, -0.1) is 0 Å². The van der Waals surface area contributed by atoms with Gasteiger partial charge in [0, 0.05) is 23.6 Å². The Labute approximate surface area is 174 Å². The second-order valence-corrected chi connectivity index (χ2v) is 7.96. The molecule has 5 rings (SSSR count). The van der Waals surface area contributed by atoms with Crippen LogP contribution in [0.4, 0.5) is 0 Å². The molecule has 154 valence electrons. The summed E-state index contributed by atoms with van der Waals surface area (Å²) in [6, 6.07) is 10.0. The van der Waals surface area contributed by atoms with Gasteiger partial charge in [-0.2, -0.15) is 0 Å². The van der Waals surface area contributed by atoms with Crippen molar-refractivity contribution in [3.63, 3.8) is 0 Å². The molecule has 6 nitrogen and oxygen atoms in total. The molecule has 0 N–H and O–H groups in total. The van der Waals surface area contributed by atoms with Crippen LogP contribution in [0.1, 0.15) is 48.9 Å². The van der Waals surface area contributed by atoms with E-state index < -0.39 is 11.6 Å². The highest BCUT2D eigenvalue weighted by Gasteiger charge is 2.47. The molecule has 0 fully saturated rings. The third-order valence-electron chi connectivity index (χ3n) is 6.53. The Morgan fingerprint density at radius 3 is 2.73 bits per heavy atom. The first kappa shape index (κ1) is 19.0. The number of nitrogens with zero attached hydrogens (tertiary/aromatic N) is 2. The first-order valence-electron chi connectivity index (χ1n) is 10.5. The van der Waals surface area contributed by atoms with Gasteiger partial charge in [0.2, 0.25) is 0 Å². The molecule has 0 bridgehead atoms. The summed E-state index contributed by atoms with van der Waals surface area (Å²) in [4.78, 5) is 31.0. The average molecular weight is 404 g/mol. The number of rotatable bonds is 4. The summed E-state index contributed by atoms with van der Waals surface area (Å²) >= 11 is 0. The van der Waals surface area contributed by atoms with Crippen LogP contribution in [0.3, 0.4) is 0 Å². The van der Waals surface area contributed by atoms with Gasteiger partial charge in [0.05, 0.1) is 29.0 Å². The lowest BCUT2D eigenvalue weighted by Gasteiger charge is -2.34. The van der Waals surface area contributed by atoms with Gasteiger partial charge in [0.15, 0.2) is 5.60 Å². The number of fused-ring (bicyclic) bond motifs is 5. The van der Waals surface area contributed by atoms with Gasteiger partial charge in [-0.25, -0.2) is 9.78 Å². The molecule has 0 aliphatic carbocycles. The highest BCUT2D eigenvalue weighted by molar-refractivity contribution is 5.89. The Morgan fingerprint density at radius 1 is 1.20 bits per heavy atom. The van der Waals surface area contributed by atoms with E-state index in [0.717, 1.165) is 40.7 Å². The number of pyridine rings is 2. The molecule has 2 aliphatic rings. The van der Waals surface area contributed by atoms with Crippen molar-refractivity contribution in [2.75, 3.05) is 7.11 Å². The zero-order chi connectivity index (χ0) is 21.0. The molecule has 2 aliphatic heterocycles. The number of hydrogen-bond acceptors (Lipinski definition) is 5. The molecule has 0 saturated heterocycles. The smallest absolute Gasteiger partial charge is 0.343 e. The Kier molecular flexibility index (Phi) is 4.29. The monoisotopic (exact) mass is 404 g/mol. The van der Waals surface area contributed by atoms with Crippen LogP contribution in [0.25, 0.3) is 22.3 Å². The molecule has 0 spiro atoms. The van der Waals surface area contributed by atoms with Crippen molar-refractivity contribution >= 4 is 16.9 Å². The Hall–Kier alpha value is -2.99. The predicted molar refractivity (Wildman–Crippen MR) is 113 cm³/mol. The van der Waals surface area contributed by atoms with E-state index in [2.05, 4.69) is 13.0 Å². The maximum Gasteiger partial charge on any atom is 0.343 e. The van der Waals surface area contributed by atoms with Crippen LogP contribution in [0.5, 0.6) is 0 Å². The zero-order valence-electron chi connectivity index (χ0n) is 17.4. The van der Waals surface area contributed by atoms with Crippen LogP contribution in [0, 0.1) is 0 Å². The van der Waals surface area contributed by atoms with Crippen molar-refractivity contribution < 1.29 is 14.3 Å². The molecule has 0 amide bonds. The number of methoxy groups -OCH3 is 1. The highest BCUT2D eigenvalue weighted by atomic mass is 16.6. The molecule has 1 atom stereocenters. The maximum atomic E-state index is 13.5. The van der Waals surface area contributed by atoms with E-state index in [1.807, 2.05) is 31.2 Å². The van der Waals surface area contributed by atoms with Gasteiger partial charge < -0.3 is 14.0 Å². The van der Waals surface area contributed by atoms with E-state index in [-0.39, 0.29) is 12.2 Å². The molecular formula is C24H24N2O4. The summed E-state index contributed by atoms with van der Waals surface area (Å²) in [6.07, 6.45) is 2.32. The molecule has 4 heterocycles. The summed E-state index contributed by atoms with van der Waals surface area (Å²) in [5.41, 5.74) is 4.57. The number of ether oxygens (including phenoxy) is 2. The van der Waals surface area contributed by atoms with Crippen LogP contribution in [-0.2, 0) is 39.4 Å². The van der Waals surface area contributed by atoms with E-state index >= 15 is 0 Å². The fourth-order valence-electron chi connectivity index (χ4n) is 4.97. The van der Waals surface area contributed by atoms with E-state index in [1.54, 1.807) is 4.57 Å². The molecule has 0 unspecified atom stereocenters. The highest BCUT2D eigenvalue weighted by Crippen LogP contribution is 2.41. The summed E-state index contributed by atoms with van der Waals surface area (Å²) in [6.45, 7) is 4.49. The Morgan fingerprint density at radius 2 is 2.00 bits per heavy atom.